The fraction of sp³-hybridized carbons (Fsp3) is 0.875. The molecular weight excluding hydrogens is 231 g/mol. The van der Waals surface area contributed by atoms with Crippen LogP contribution in [0.1, 0.15) is 13.8 Å². The summed E-state index contributed by atoms with van der Waals surface area (Å²) in [6.07, 6.45) is -5.50. The summed E-state index contributed by atoms with van der Waals surface area (Å²) in [4.78, 5) is 10.8. The van der Waals surface area contributed by atoms with Crippen molar-refractivity contribution in [3.63, 3.8) is 0 Å². The van der Waals surface area contributed by atoms with Gasteiger partial charge in [0.25, 0.3) is 0 Å². The number of alkyl halides is 3. The van der Waals surface area contributed by atoms with Crippen molar-refractivity contribution in [3.8, 4) is 0 Å². The molecule has 15 heavy (non-hydrogen) atoms. The van der Waals surface area contributed by atoms with Crippen molar-refractivity contribution in [3.05, 3.63) is 0 Å². The van der Waals surface area contributed by atoms with E-state index in [2.05, 4.69) is 10.1 Å². The van der Waals surface area contributed by atoms with Crippen LogP contribution >= 0.6 is 11.8 Å². The Morgan fingerprint density at radius 1 is 1.53 bits per heavy atom. The fourth-order valence-corrected chi connectivity index (χ4v) is 1.40. The SMILES string of the molecule is CCSCC(C)NC(=O)OCC(F)(F)F. The maximum absolute atomic E-state index is 11.6. The van der Waals surface area contributed by atoms with Crippen LogP contribution in [0.15, 0.2) is 0 Å². The van der Waals surface area contributed by atoms with E-state index in [0.29, 0.717) is 5.75 Å². The number of rotatable bonds is 5. The molecule has 1 N–H and O–H groups in total. The van der Waals surface area contributed by atoms with Crippen molar-refractivity contribution in [1.29, 1.82) is 0 Å². The Labute approximate surface area is 90.7 Å². The number of hydrogen-bond donors (Lipinski definition) is 1. The Bertz CT molecular complexity index is 199. The van der Waals surface area contributed by atoms with Crippen LogP contribution in [0, 0.1) is 0 Å². The van der Waals surface area contributed by atoms with Crippen LogP contribution < -0.4 is 5.32 Å². The molecule has 0 fully saturated rings. The van der Waals surface area contributed by atoms with Crippen LogP contribution in [0.5, 0.6) is 0 Å². The normalized spacial score (nSPS) is 13.4. The van der Waals surface area contributed by atoms with Crippen LogP contribution in [0.2, 0.25) is 0 Å². The number of carbonyl (C=O) groups excluding carboxylic acids is 1. The monoisotopic (exact) mass is 245 g/mol. The lowest BCUT2D eigenvalue weighted by molar-refractivity contribution is -0.160. The number of thioether (sulfide) groups is 1. The van der Waals surface area contributed by atoms with Gasteiger partial charge in [-0.25, -0.2) is 4.79 Å². The molecule has 0 aromatic carbocycles. The van der Waals surface area contributed by atoms with Crippen LogP contribution in [-0.4, -0.2) is 36.4 Å². The summed E-state index contributed by atoms with van der Waals surface area (Å²) in [6, 6.07) is -0.198. The van der Waals surface area contributed by atoms with Crippen LogP contribution in [0.25, 0.3) is 0 Å². The number of nitrogens with one attached hydrogen (secondary N) is 1. The smallest absolute Gasteiger partial charge is 0.422 e. The van der Waals surface area contributed by atoms with E-state index >= 15 is 0 Å². The van der Waals surface area contributed by atoms with Crippen molar-refractivity contribution in [2.24, 2.45) is 0 Å². The molecule has 0 saturated carbocycles. The van der Waals surface area contributed by atoms with E-state index in [0.717, 1.165) is 5.75 Å². The summed E-state index contributed by atoms with van der Waals surface area (Å²) in [7, 11) is 0. The first kappa shape index (κ1) is 14.4. The van der Waals surface area contributed by atoms with Gasteiger partial charge in [-0.3, -0.25) is 0 Å². The van der Waals surface area contributed by atoms with E-state index < -0.39 is 18.9 Å². The number of halogens is 3. The highest BCUT2D eigenvalue weighted by molar-refractivity contribution is 7.99. The number of ether oxygens (including phenoxy) is 1. The maximum atomic E-state index is 11.6. The van der Waals surface area contributed by atoms with Crippen molar-refractivity contribution in [1.82, 2.24) is 5.32 Å². The summed E-state index contributed by atoms with van der Waals surface area (Å²) in [5.41, 5.74) is 0. The summed E-state index contributed by atoms with van der Waals surface area (Å²) in [5.74, 6) is 1.54. The van der Waals surface area contributed by atoms with Crippen molar-refractivity contribution < 1.29 is 22.7 Å². The number of carbonyl (C=O) groups is 1. The standard InChI is InChI=1S/C8H14F3NO2S/c1-3-15-4-6(2)12-7(13)14-5-8(9,10)11/h6H,3-5H2,1-2H3,(H,12,13). The minimum absolute atomic E-state index is 0.198. The minimum Gasteiger partial charge on any atom is -0.440 e. The molecule has 0 heterocycles. The van der Waals surface area contributed by atoms with Gasteiger partial charge in [-0.05, 0) is 12.7 Å². The zero-order chi connectivity index (χ0) is 11.9. The Balaban J connectivity index is 3.64. The second kappa shape index (κ2) is 6.81. The molecular formula is C8H14F3NO2S. The third kappa shape index (κ3) is 9.71. The largest absolute Gasteiger partial charge is 0.440 e. The first-order valence-corrected chi connectivity index (χ1v) is 5.58. The lowest BCUT2D eigenvalue weighted by Gasteiger charge is -2.13. The first-order valence-electron chi connectivity index (χ1n) is 4.43. The molecule has 1 amide bonds. The quantitative estimate of drug-likeness (QED) is 0.808. The second-order valence-electron chi connectivity index (χ2n) is 2.90. The Morgan fingerprint density at radius 3 is 2.60 bits per heavy atom. The second-order valence-corrected chi connectivity index (χ2v) is 4.22. The molecule has 0 radical (unpaired) electrons. The van der Waals surface area contributed by atoms with Gasteiger partial charge in [0.2, 0.25) is 0 Å². The van der Waals surface area contributed by atoms with E-state index in [1.54, 1.807) is 18.7 Å². The van der Waals surface area contributed by atoms with Gasteiger partial charge in [-0.2, -0.15) is 24.9 Å². The molecule has 0 aromatic heterocycles. The average molecular weight is 245 g/mol. The molecule has 0 aliphatic carbocycles. The fourth-order valence-electron chi connectivity index (χ4n) is 0.727. The third-order valence-electron chi connectivity index (χ3n) is 1.30. The Hall–Kier alpha value is -0.590. The predicted octanol–water partition coefficient (Wildman–Crippen LogP) is 2.42. The summed E-state index contributed by atoms with van der Waals surface area (Å²) in [5, 5.41) is 2.31. The zero-order valence-corrected chi connectivity index (χ0v) is 9.37. The molecule has 0 aromatic rings. The summed E-state index contributed by atoms with van der Waals surface area (Å²) < 4.78 is 38.9. The third-order valence-corrected chi connectivity index (χ3v) is 2.45. The molecule has 0 spiro atoms. The molecule has 0 bridgehead atoms. The van der Waals surface area contributed by atoms with Crippen LogP contribution in [-0.2, 0) is 4.74 Å². The molecule has 0 aliphatic heterocycles. The van der Waals surface area contributed by atoms with Gasteiger partial charge in [-0.1, -0.05) is 6.92 Å². The summed E-state index contributed by atoms with van der Waals surface area (Å²) in [6.45, 7) is 2.11. The summed E-state index contributed by atoms with van der Waals surface area (Å²) >= 11 is 1.59. The van der Waals surface area contributed by atoms with Crippen molar-refractivity contribution >= 4 is 17.9 Å². The van der Waals surface area contributed by atoms with Gasteiger partial charge in [0.15, 0.2) is 6.61 Å². The van der Waals surface area contributed by atoms with Gasteiger partial charge in [0.1, 0.15) is 0 Å². The van der Waals surface area contributed by atoms with Crippen LogP contribution in [0.3, 0.4) is 0 Å². The minimum atomic E-state index is -4.47. The lowest BCUT2D eigenvalue weighted by atomic mass is 10.4. The van der Waals surface area contributed by atoms with Gasteiger partial charge in [0.05, 0.1) is 0 Å². The molecule has 7 heteroatoms. The van der Waals surface area contributed by atoms with Crippen LogP contribution in [0.4, 0.5) is 18.0 Å². The molecule has 1 unspecified atom stereocenters. The van der Waals surface area contributed by atoms with Gasteiger partial charge in [0, 0.05) is 11.8 Å². The lowest BCUT2D eigenvalue weighted by Crippen LogP contribution is -2.36. The van der Waals surface area contributed by atoms with E-state index in [1.165, 1.54) is 0 Å². The molecule has 3 nitrogen and oxygen atoms in total. The van der Waals surface area contributed by atoms with Gasteiger partial charge < -0.3 is 10.1 Å². The highest BCUT2D eigenvalue weighted by Gasteiger charge is 2.29. The first-order chi connectivity index (χ1) is 6.85. The predicted molar refractivity (Wildman–Crippen MR) is 53.0 cm³/mol. The van der Waals surface area contributed by atoms with Crippen molar-refractivity contribution in [2.45, 2.75) is 26.1 Å². The van der Waals surface area contributed by atoms with Gasteiger partial charge >= 0.3 is 12.3 Å². The maximum Gasteiger partial charge on any atom is 0.422 e. The van der Waals surface area contributed by atoms with E-state index in [4.69, 9.17) is 0 Å². The molecule has 1 atom stereocenters. The molecule has 0 rings (SSSR count). The van der Waals surface area contributed by atoms with Gasteiger partial charge in [-0.15, -0.1) is 0 Å². The Kier molecular flexibility index (Phi) is 6.55. The number of hydrogen-bond acceptors (Lipinski definition) is 3. The highest BCUT2D eigenvalue weighted by atomic mass is 32.2. The average Bonchev–Trinajstić information content (AvgIpc) is 2.10. The molecule has 0 saturated heterocycles. The number of alkyl carbamates (subject to hydrolysis) is 1. The highest BCUT2D eigenvalue weighted by Crippen LogP contribution is 2.14. The molecule has 0 aliphatic rings. The topological polar surface area (TPSA) is 38.3 Å². The van der Waals surface area contributed by atoms with E-state index in [-0.39, 0.29) is 6.04 Å². The zero-order valence-electron chi connectivity index (χ0n) is 8.56. The number of amides is 1. The molecule has 90 valence electrons. The van der Waals surface area contributed by atoms with E-state index in [9.17, 15) is 18.0 Å². The van der Waals surface area contributed by atoms with Crippen molar-refractivity contribution in [2.75, 3.05) is 18.1 Å². The Morgan fingerprint density at radius 2 is 2.13 bits per heavy atom. The van der Waals surface area contributed by atoms with E-state index in [1.807, 2.05) is 6.92 Å².